The van der Waals surface area contributed by atoms with Gasteiger partial charge in [-0.3, -0.25) is 0 Å². The van der Waals surface area contributed by atoms with Crippen molar-refractivity contribution in [1.29, 1.82) is 0 Å². The van der Waals surface area contributed by atoms with Gasteiger partial charge >= 0.3 is 0 Å². The molecule has 0 aromatic heterocycles. The summed E-state index contributed by atoms with van der Waals surface area (Å²) in [5.41, 5.74) is 5.78. The molecule has 1 fully saturated rings. The Labute approximate surface area is 94.6 Å². The lowest BCUT2D eigenvalue weighted by Gasteiger charge is -2.40. The van der Waals surface area contributed by atoms with E-state index in [2.05, 4.69) is 27.7 Å². The van der Waals surface area contributed by atoms with E-state index < -0.39 is 0 Å². The van der Waals surface area contributed by atoms with Crippen molar-refractivity contribution in [3.63, 3.8) is 0 Å². The maximum absolute atomic E-state index is 5.77. The molecule has 0 unspecified atom stereocenters. The second-order valence-corrected chi connectivity index (χ2v) is 5.85. The third kappa shape index (κ3) is 3.76. The van der Waals surface area contributed by atoms with Gasteiger partial charge in [0.1, 0.15) is 0 Å². The highest BCUT2D eigenvalue weighted by Gasteiger charge is 2.34. The first-order chi connectivity index (χ1) is 6.96. The minimum atomic E-state index is 0.0741. The molecule has 1 rings (SSSR count). The number of hydrogen-bond acceptors (Lipinski definition) is 2. The average Bonchev–Trinajstić information content (AvgIpc) is 2.11. The quantitative estimate of drug-likeness (QED) is 0.779. The van der Waals surface area contributed by atoms with Crippen molar-refractivity contribution in [2.45, 2.75) is 52.6 Å². The van der Waals surface area contributed by atoms with E-state index in [9.17, 15) is 0 Å². The van der Waals surface area contributed by atoms with Gasteiger partial charge in [-0.05, 0) is 57.4 Å². The molecular formula is C13H27NO. The minimum absolute atomic E-state index is 0.0741. The van der Waals surface area contributed by atoms with Gasteiger partial charge in [0.15, 0.2) is 0 Å². The fourth-order valence-corrected chi connectivity index (χ4v) is 2.95. The van der Waals surface area contributed by atoms with Crippen LogP contribution in [0.3, 0.4) is 0 Å². The summed E-state index contributed by atoms with van der Waals surface area (Å²) in [6, 6.07) is 0. The van der Waals surface area contributed by atoms with Crippen LogP contribution in [0.15, 0.2) is 0 Å². The predicted octanol–water partition coefficient (Wildman–Crippen LogP) is 2.81. The summed E-state index contributed by atoms with van der Waals surface area (Å²) in [6.45, 7) is 10.8. The summed E-state index contributed by atoms with van der Waals surface area (Å²) in [7, 11) is 0. The Morgan fingerprint density at radius 1 is 1.40 bits per heavy atom. The Hall–Kier alpha value is -0.0800. The molecule has 0 aromatic rings. The smallest absolute Gasteiger partial charge is 0.0629 e. The Morgan fingerprint density at radius 2 is 2.07 bits per heavy atom. The Morgan fingerprint density at radius 3 is 2.53 bits per heavy atom. The van der Waals surface area contributed by atoms with Crippen LogP contribution in [-0.4, -0.2) is 18.8 Å². The van der Waals surface area contributed by atoms with Crippen LogP contribution in [0.5, 0.6) is 0 Å². The van der Waals surface area contributed by atoms with Gasteiger partial charge in [0.2, 0.25) is 0 Å². The van der Waals surface area contributed by atoms with Crippen LogP contribution in [0.1, 0.15) is 47.0 Å². The summed E-state index contributed by atoms with van der Waals surface area (Å²) in [6.07, 6.45) is 3.57. The van der Waals surface area contributed by atoms with Crippen LogP contribution >= 0.6 is 0 Å². The minimum Gasteiger partial charge on any atom is -0.376 e. The van der Waals surface area contributed by atoms with Crippen LogP contribution in [0.2, 0.25) is 0 Å². The number of rotatable bonds is 4. The van der Waals surface area contributed by atoms with Gasteiger partial charge in [0.25, 0.3) is 0 Å². The van der Waals surface area contributed by atoms with E-state index in [4.69, 9.17) is 10.5 Å². The molecule has 0 spiro atoms. The van der Waals surface area contributed by atoms with Crippen molar-refractivity contribution >= 4 is 0 Å². The average molecular weight is 213 g/mol. The lowest BCUT2D eigenvalue weighted by molar-refractivity contribution is -0.0866. The Balaban J connectivity index is 2.59. The maximum atomic E-state index is 5.77. The van der Waals surface area contributed by atoms with E-state index in [0.29, 0.717) is 0 Å². The van der Waals surface area contributed by atoms with E-state index in [1.165, 1.54) is 19.3 Å². The van der Waals surface area contributed by atoms with E-state index in [-0.39, 0.29) is 5.60 Å². The van der Waals surface area contributed by atoms with Gasteiger partial charge in [0, 0.05) is 6.61 Å². The second-order valence-electron chi connectivity index (χ2n) is 5.85. The molecule has 0 aromatic carbocycles. The molecule has 2 heteroatoms. The number of ether oxygens (including phenoxy) is 1. The van der Waals surface area contributed by atoms with Crippen molar-refractivity contribution in [1.82, 2.24) is 0 Å². The Kier molecular flexibility index (Phi) is 4.60. The third-order valence-electron chi connectivity index (χ3n) is 3.70. The van der Waals surface area contributed by atoms with E-state index in [1.54, 1.807) is 0 Å². The molecule has 1 heterocycles. The molecule has 0 bridgehead atoms. The molecule has 0 aliphatic carbocycles. The zero-order chi connectivity index (χ0) is 11.5. The molecule has 90 valence electrons. The third-order valence-corrected chi connectivity index (χ3v) is 3.70. The van der Waals surface area contributed by atoms with Gasteiger partial charge in [-0.25, -0.2) is 0 Å². The molecule has 2 atom stereocenters. The highest BCUT2D eigenvalue weighted by molar-refractivity contribution is 4.84. The zero-order valence-electron chi connectivity index (χ0n) is 10.8. The normalized spacial score (nSPS) is 28.0. The highest BCUT2D eigenvalue weighted by Crippen LogP contribution is 2.37. The molecule has 1 saturated heterocycles. The highest BCUT2D eigenvalue weighted by atomic mass is 16.5. The second kappa shape index (κ2) is 5.31. The van der Waals surface area contributed by atoms with E-state index in [1.807, 2.05) is 0 Å². The fraction of sp³-hybridized carbons (Fsp3) is 1.00. The zero-order valence-corrected chi connectivity index (χ0v) is 10.8. The molecule has 2 N–H and O–H groups in total. The molecule has 2 nitrogen and oxygen atoms in total. The Bertz CT molecular complexity index is 189. The van der Waals surface area contributed by atoms with E-state index >= 15 is 0 Å². The number of hydrogen-bond donors (Lipinski definition) is 1. The van der Waals surface area contributed by atoms with Gasteiger partial charge in [0.05, 0.1) is 5.60 Å². The van der Waals surface area contributed by atoms with Crippen molar-refractivity contribution in [3.8, 4) is 0 Å². The van der Waals surface area contributed by atoms with Gasteiger partial charge < -0.3 is 10.5 Å². The largest absolute Gasteiger partial charge is 0.376 e. The monoisotopic (exact) mass is 213 g/mol. The summed E-state index contributed by atoms with van der Waals surface area (Å²) < 4.78 is 5.77. The summed E-state index contributed by atoms with van der Waals surface area (Å²) in [5.74, 6) is 2.32. The first kappa shape index (κ1) is 13.0. The first-order valence-electron chi connectivity index (χ1n) is 6.30. The molecule has 1 aliphatic heterocycles. The van der Waals surface area contributed by atoms with Crippen LogP contribution < -0.4 is 5.73 Å². The molecule has 15 heavy (non-hydrogen) atoms. The summed E-state index contributed by atoms with van der Waals surface area (Å²) in [5, 5.41) is 0. The predicted molar refractivity (Wildman–Crippen MR) is 64.8 cm³/mol. The summed E-state index contributed by atoms with van der Waals surface area (Å²) >= 11 is 0. The van der Waals surface area contributed by atoms with Crippen LogP contribution in [-0.2, 0) is 4.74 Å². The van der Waals surface area contributed by atoms with Crippen molar-refractivity contribution in [3.05, 3.63) is 0 Å². The molecule has 1 aliphatic rings. The fourth-order valence-electron chi connectivity index (χ4n) is 2.95. The van der Waals surface area contributed by atoms with Gasteiger partial charge in [-0.1, -0.05) is 13.8 Å². The van der Waals surface area contributed by atoms with Crippen molar-refractivity contribution < 1.29 is 4.74 Å². The van der Waals surface area contributed by atoms with Crippen LogP contribution in [0, 0.1) is 17.8 Å². The molecule has 0 radical (unpaired) electrons. The molecular weight excluding hydrogens is 186 g/mol. The maximum Gasteiger partial charge on any atom is 0.0629 e. The topological polar surface area (TPSA) is 35.2 Å². The molecule has 0 saturated carbocycles. The van der Waals surface area contributed by atoms with Crippen LogP contribution in [0.25, 0.3) is 0 Å². The molecule has 0 amide bonds. The number of nitrogens with two attached hydrogens (primary N) is 1. The first-order valence-corrected chi connectivity index (χ1v) is 6.30. The standard InChI is InChI=1S/C13H27NO/c1-10(2)12(5-7-14)11-6-8-15-13(3,4)9-11/h10-12H,5-9,14H2,1-4H3/t11-,12+/m0/s1. The summed E-state index contributed by atoms with van der Waals surface area (Å²) in [4.78, 5) is 0. The van der Waals surface area contributed by atoms with Gasteiger partial charge in [-0.2, -0.15) is 0 Å². The van der Waals surface area contributed by atoms with Crippen molar-refractivity contribution in [2.75, 3.05) is 13.2 Å². The van der Waals surface area contributed by atoms with Gasteiger partial charge in [-0.15, -0.1) is 0 Å². The van der Waals surface area contributed by atoms with Crippen LogP contribution in [0.4, 0.5) is 0 Å². The van der Waals surface area contributed by atoms with Crippen molar-refractivity contribution in [2.24, 2.45) is 23.5 Å². The lowest BCUT2D eigenvalue weighted by atomic mass is 9.73. The SMILES string of the molecule is CC(C)[C@@H](CCN)[C@H]1CCOC(C)(C)C1. The van der Waals surface area contributed by atoms with E-state index in [0.717, 1.165) is 30.9 Å². The lowest BCUT2D eigenvalue weighted by Crippen LogP contribution is -2.38.